The number of hydrogen-bond donors (Lipinski definition) is 1. The van der Waals surface area contributed by atoms with Crippen LogP contribution < -0.4 is 10.1 Å². The van der Waals surface area contributed by atoms with Gasteiger partial charge in [-0.15, -0.1) is 0 Å². The standard InChI is InChI=1S/C19H17NO2/c1-13-10-14(2)12-16(11-13)22-19(21)20-18-9-5-7-15-6-3-4-8-17(15)18/h3-12H,1-2H3,(H,20,21). The van der Waals surface area contributed by atoms with Gasteiger partial charge in [0.15, 0.2) is 0 Å². The molecule has 0 aromatic heterocycles. The topological polar surface area (TPSA) is 38.3 Å². The average Bonchev–Trinajstić information content (AvgIpc) is 2.46. The lowest BCUT2D eigenvalue weighted by atomic mass is 10.1. The number of ether oxygens (including phenoxy) is 1. The number of benzene rings is 3. The number of fused-ring (bicyclic) bond motifs is 1. The second-order valence-electron chi connectivity index (χ2n) is 5.36. The highest BCUT2D eigenvalue weighted by Gasteiger charge is 2.08. The first-order valence-corrected chi connectivity index (χ1v) is 7.17. The van der Waals surface area contributed by atoms with Crippen molar-refractivity contribution in [1.29, 1.82) is 0 Å². The zero-order valence-corrected chi connectivity index (χ0v) is 12.6. The van der Waals surface area contributed by atoms with Crippen molar-refractivity contribution < 1.29 is 9.53 Å². The van der Waals surface area contributed by atoms with Crippen molar-refractivity contribution in [2.75, 3.05) is 5.32 Å². The van der Waals surface area contributed by atoms with Crippen LogP contribution >= 0.6 is 0 Å². The lowest BCUT2D eigenvalue weighted by molar-refractivity contribution is 0.215. The van der Waals surface area contributed by atoms with E-state index in [4.69, 9.17) is 4.74 Å². The summed E-state index contributed by atoms with van der Waals surface area (Å²) in [5.41, 5.74) is 2.87. The fourth-order valence-electron chi connectivity index (χ4n) is 2.57. The van der Waals surface area contributed by atoms with Crippen molar-refractivity contribution in [3.05, 3.63) is 71.8 Å². The highest BCUT2D eigenvalue weighted by molar-refractivity contribution is 6.00. The predicted octanol–water partition coefficient (Wildman–Crippen LogP) is 5.07. The first-order valence-electron chi connectivity index (χ1n) is 7.17. The molecule has 3 heteroatoms. The van der Waals surface area contributed by atoms with E-state index in [1.54, 1.807) is 0 Å². The minimum Gasteiger partial charge on any atom is -0.410 e. The fraction of sp³-hybridized carbons (Fsp3) is 0.105. The monoisotopic (exact) mass is 291 g/mol. The van der Waals surface area contributed by atoms with E-state index in [1.165, 1.54) is 0 Å². The van der Waals surface area contributed by atoms with E-state index in [9.17, 15) is 4.79 Å². The Morgan fingerprint density at radius 2 is 1.59 bits per heavy atom. The third-order valence-electron chi connectivity index (χ3n) is 3.43. The minimum absolute atomic E-state index is 0.485. The molecule has 3 aromatic rings. The molecular weight excluding hydrogens is 274 g/mol. The lowest BCUT2D eigenvalue weighted by Gasteiger charge is -2.10. The summed E-state index contributed by atoms with van der Waals surface area (Å²) in [7, 11) is 0. The molecule has 0 bridgehead atoms. The smallest absolute Gasteiger partial charge is 0.410 e. The maximum absolute atomic E-state index is 12.1. The van der Waals surface area contributed by atoms with Gasteiger partial charge in [0, 0.05) is 5.39 Å². The molecule has 0 heterocycles. The molecule has 0 aliphatic heterocycles. The molecule has 0 saturated carbocycles. The van der Waals surface area contributed by atoms with Crippen LogP contribution in [0.15, 0.2) is 60.7 Å². The molecule has 110 valence electrons. The number of rotatable bonds is 2. The second-order valence-corrected chi connectivity index (χ2v) is 5.36. The van der Waals surface area contributed by atoms with Gasteiger partial charge >= 0.3 is 6.09 Å². The van der Waals surface area contributed by atoms with E-state index in [0.29, 0.717) is 5.75 Å². The van der Waals surface area contributed by atoms with E-state index >= 15 is 0 Å². The zero-order chi connectivity index (χ0) is 15.5. The van der Waals surface area contributed by atoms with Gasteiger partial charge in [0.2, 0.25) is 0 Å². The van der Waals surface area contributed by atoms with E-state index in [-0.39, 0.29) is 0 Å². The summed E-state index contributed by atoms with van der Waals surface area (Å²) in [5, 5.41) is 4.88. The predicted molar refractivity (Wildman–Crippen MR) is 89.5 cm³/mol. The molecule has 0 unspecified atom stereocenters. The van der Waals surface area contributed by atoms with Crippen LogP contribution in [0.3, 0.4) is 0 Å². The van der Waals surface area contributed by atoms with Gasteiger partial charge in [0.1, 0.15) is 5.75 Å². The Labute approximate surface area is 129 Å². The summed E-state index contributed by atoms with van der Waals surface area (Å²) in [6.45, 7) is 3.95. The molecule has 0 aliphatic carbocycles. The van der Waals surface area contributed by atoms with Gasteiger partial charge < -0.3 is 4.74 Å². The van der Waals surface area contributed by atoms with E-state index < -0.39 is 6.09 Å². The second kappa shape index (κ2) is 5.90. The highest BCUT2D eigenvalue weighted by Crippen LogP contribution is 2.23. The van der Waals surface area contributed by atoms with Gasteiger partial charge in [-0.1, -0.05) is 42.5 Å². The quantitative estimate of drug-likeness (QED) is 0.716. The van der Waals surface area contributed by atoms with Gasteiger partial charge in [-0.05, 0) is 48.6 Å². The first kappa shape index (κ1) is 14.1. The number of amides is 1. The summed E-state index contributed by atoms with van der Waals surface area (Å²) < 4.78 is 5.38. The number of carbonyl (C=O) groups excluding carboxylic acids is 1. The molecule has 0 atom stereocenters. The number of aryl methyl sites for hydroxylation is 2. The van der Waals surface area contributed by atoms with Gasteiger partial charge in [-0.3, -0.25) is 5.32 Å². The van der Waals surface area contributed by atoms with Crippen molar-refractivity contribution in [3.8, 4) is 5.75 Å². The number of nitrogens with one attached hydrogen (secondary N) is 1. The Hall–Kier alpha value is -2.81. The molecule has 0 radical (unpaired) electrons. The third-order valence-corrected chi connectivity index (χ3v) is 3.43. The van der Waals surface area contributed by atoms with Crippen LogP contribution in [0.2, 0.25) is 0 Å². The van der Waals surface area contributed by atoms with E-state index in [0.717, 1.165) is 27.6 Å². The molecule has 1 N–H and O–H groups in total. The molecule has 1 amide bonds. The SMILES string of the molecule is Cc1cc(C)cc(OC(=O)Nc2cccc3ccccc23)c1. The van der Waals surface area contributed by atoms with Crippen molar-refractivity contribution in [2.24, 2.45) is 0 Å². The van der Waals surface area contributed by atoms with Crippen LogP contribution in [0, 0.1) is 13.8 Å². The van der Waals surface area contributed by atoms with E-state index in [2.05, 4.69) is 5.32 Å². The largest absolute Gasteiger partial charge is 0.417 e. The van der Waals surface area contributed by atoms with Crippen molar-refractivity contribution in [2.45, 2.75) is 13.8 Å². The number of hydrogen-bond acceptors (Lipinski definition) is 2. The third kappa shape index (κ3) is 3.09. The Kier molecular flexibility index (Phi) is 3.79. The molecule has 22 heavy (non-hydrogen) atoms. The summed E-state index contributed by atoms with van der Waals surface area (Å²) in [4.78, 5) is 12.1. The Morgan fingerprint density at radius 3 is 2.36 bits per heavy atom. The lowest BCUT2D eigenvalue weighted by Crippen LogP contribution is -2.17. The number of carbonyl (C=O) groups is 1. The molecule has 0 saturated heterocycles. The van der Waals surface area contributed by atoms with Gasteiger partial charge in [0.25, 0.3) is 0 Å². The van der Waals surface area contributed by atoms with Crippen molar-refractivity contribution >= 4 is 22.6 Å². The number of anilines is 1. The summed E-state index contributed by atoms with van der Waals surface area (Å²) in [6, 6.07) is 19.4. The fourth-order valence-corrected chi connectivity index (χ4v) is 2.57. The average molecular weight is 291 g/mol. The molecular formula is C19H17NO2. The van der Waals surface area contributed by atoms with Gasteiger partial charge in [-0.2, -0.15) is 0 Å². The molecule has 0 aliphatic rings. The Bertz CT molecular complexity index is 814. The summed E-state index contributed by atoms with van der Waals surface area (Å²) in [5.74, 6) is 0.551. The van der Waals surface area contributed by atoms with Crippen LogP contribution in [-0.2, 0) is 0 Å². The summed E-state index contributed by atoms with van der Waals surface area (Å²) in [6.07, 6.45) is -0.485. The highest BCUT2D eigenvalue weighted by atomic mass is 16.6. The van der Waals surface area contributed by atoms with Crippen LogP contribution in [0.25, 0.3) is 10.8 Å². The minimum atomic E-state index is -0.485. The van der Waals surface area contributed by atoms with Crippen LogP contribution in [0.5, 0.6) is 5.75 Å². The van der Waals surface area contributed by atoms with Gasteiger partial charge in [-0.25, -0.2) is 4.79 Å². The van der Waals surface area contributed by atoms with Gasteiger partial charge in [0.05, 0.1) is 5.69 Å². The van der Waals surface area contributed by atoms with E-state index in [1.807, 2.05) is 74.5 Å². The summed E-state index contributed by atoms with van der Waals surface area (Å²) >= 11 is 0. The maximum Gasteiger partial charge on any atom is 0.417 e. The Balaban J connectivity index is 1.81. The Morgan fingerprint density at radius 1 is 0.909 bits per heavy atom. The first-order chi connectivity index (χ1) is 10.6. The normalized spacial score (nSPS) is 10.5. The van der Waals surface area contributed by atoms with Crippen molar-refractivity contribution in [1.82, 2.24) is 0 Å². The molecule has 0 fully saturated rings. The molecule has 0 spiro atoms. The maximum atomic E-state index is 12.1. The van der Waals surface area contributed by atoms with Crippen molar-refractivity contribution in [3.63, 3.8) is 0 Å². The van der Waals surface area contributed by atoms with Crippen LogP contribution in [-0.4, -0.2) is 6.09 Å². The molecule has 3 rings (SSSR count). The van der Waals surface area contributed by atoms with Crippen LogP contribution in [0.1, 0.15) is 11.1 Å². The van der Waals surface area contributed by atoms with Crippen LogP contribution in [0.4, 0.5) is 10.5 Å². The zero-order valence-electron chi connectivity index (χ0n) is 12.6. The molecule has 3 aromatic carbocycles. The molecule has 3 nitrogen and oxygen atoms in total.